The molecule has 0 heterocycles. The monoisotopic (exact) mass is 294 g/mol. The third kappa shape index (κ3) is 2.90. The van der Waals surface area contributed by atoms with Crippen LogP contribution in [0.4, 0.5) is 0 Å². The number of rotatable bonds is 6. The lowest BCUT2D eigenvalue weighted by molar-refractivity contribution is 0.0974. The van der Waals surface area contributed by atoms with Crippen molar-refractivity contribution in [3.05, 3.63) is 46.1 Å². The number of aliphatic hydroxyl groups is 1. The highest BCUT2D eigenvalue weighted by Gasteiger charge is 2.30. The second-order valence-electron chi connectivity index (χ2n) is 4.29. The first-order valence-electron chi connectivity index (χ1n) is 6.30. The molecule has 106 valence electrons. The molecule has 5 nitrogen and oxygen atoms in total. The van der Waals surface area contributed by atoms with Crippen molar-refractivity contribution in [3.63, 3.8) is 0 Å². The number of nitrogens with one attached hydrogen (secondary N) is 2. The van der Waals surface area contributed by atoms with Crippen LogP contribution < -0.4 is 10.6 Å². The molecule has 0 unspecified atom stereocenters. The van der Waals surface area contributed by atoms with E-state index in [9.17, 15) is 9.59 Å². The molecule has 1 aliphatic rings. The number of benzene rings is 1. The molecule has 1 aromatic rings. The average Bonchev–Trinajstić information content (AvgIpc) is 2.48. The van der Waals surface area contributed by atoms with Gasteiger partial charge in [0.05, 0.1) is 6.61 Å². The summed E-state index contributed by atoms with van der Waals surface area (Å²) in [6.07, 6.45) is 0. The Bertz CT molecular complexity index is 569. The molecule has 0 spiro atoms. The standard InChI is InChI=1S/C14H15ClN2O3/c15-11-12(17-6-5-16-7-8-18)14(20)10-4-2-1-3-9(10)13(11)19/h1-4,16-18H,5-8H2. The zero-order valence-electron chi connectivity index (χ0n) is 10.8. The van der Waals surface area contributed by atoms with Crippen molar-refractivity contribution >= 4 is 23.2 Å². The van der Waals surface area contributed by atoms with E-state index in [1.807, 2.05) is 0 Å². The molecule has 0 aromatic heterocycles. The van der Waals surface area contributed by atoms with Gasteiger partial charge in [0, 0.05) is 30.8 Å². The number of carbonyl (C=O) groups is 2. The Hall–Kier alpha value is -1.69. The third-order valence-electron chi connectivity index (χ3n) is 2.95. The minimum absolute atomic E-state index is 0.0498. The van der Waals surface area contributed by atoms with Gasteiger partial charge in [-0.3, -0.25) is 9.59 Å². The number of fused-ring (bicyclic) bond motifs is 1. The molecule has 2 rings (SSSR count). The lowest BCUT2D eigenvalue weighted by Gasteiger charge is -2.18. The van der Waals surface area contributed by atoms with Crippen LogP contribution in [0.2, 0.25) is 0 Å². The fourth-order valence-electron chi connectivity index (χ4n) is 1.98. The van der Waals surface area contributed by atoms with Crippen molar-refractivity contribution in [1.82, 2.24) is 10.6 Å². The van der Waals surface area contributed by atoms with Crippen LogP contribution in [-0.2, 0) is 0 Å². The van der Waals surface area contributed by atoms with Crippen LogP contribution >= 0.6 is 11.6 Å². The Balaban J connectivity index is 2.11. The summed E-state index contributed by atoms with van der Waals surface area (Å²) in [5.74, 6) is -0.611. The summed E-state index contributed by atoms with van der Waals surface area (Å²) < 4.78 is 0. The van der Waals surface area contributed by atoms with Gasteiger partial charge in [0.25, 0.3) is 0 Å². The molecule has 0 radical (unpaired) electrons. The number of allylic oxidation sites excluding steroid dienone is 2. The molecule has 0 saturated carbocycles. The number of Topliss-reactive ketones (excluding diaryl/α,β-unsaturated/α-hetero) is 2. The summed E-state index contributed by atoms with van der Waals surface area (Å²) in [6, 6.07) is 6.62. The Kier molecular flexibility index (Phi) is 4.89. The fraction of sp³-hybridized carbons (Fsp3) is 0.286. The maximum Gasteiger partial charge on any atom is 0.211 e. The number of ketones is 2. The van der Waals surface area contributed by atoms with Crippen molar-refractivity contribution in [1.29, 1.82) is 0 Å². The van der Waals surface area contributed by atoms with E-state index in [0.29, 0.717) is 30.8 Å². The van der Waals surface area contributed by atoms with Crippen molar-refractivity contribution in [2.45, 2.75) is 0 Å². The molecule has 3 N–H and O–H groups in total. The van der Waals surface area contributed by atoms with Crippen molar-refractivity contribution in [2.24, 2.45) is 0 Å². The van der Waals surface area contributed by atoms with Crippen molar-refractivity contribution in [3.8, 4) is 0 Å². The molecule has 0 saturated heterocycles. The van der Waals surface area contributed by atoms with Crippen LogP contribution in [0.25, 0.3) is 0 Å². The molecule has 0 bridgehead atoms. The maximum absolute atomic E-state index is 12.3. The molecule has 1 aliphatic carbocycles. The number of hydrogen-bond acceptors (Lipinski definition) is 5. The van der Waals surface area contributed by atoms with Gasteiger partial charge in [-0.25, -0.2) is 0 Å². The predicted octanol–water partition coefficient (Wildman–Crippen LogP) is 0.687. The molecular formula is C14H15ClN2O3. The Morgan fingerprint density at radius 2 is 1.65 bits per heavy atom. The second kappa shape index (κ2) is 6.65. The third-order valence-corrected chi connectivity index (χ3v) is 3.31. The molecule has 1 aromatic carbocycles. The molecular weight excluding hydrogens is 280 g/mol. The molecule has 6 heteroatoms. The van der Waals surface area contributed by atoms with Gasteiger partial charge >= 0.3 is 0 Å². The SMILES string of the molecule is O=C1C(Cl)=C(NCCNCCO)C(=O)c2ccccc21. The number of hydrogen-bond donors (Lipinski definition) is 3. The lowest BCUT2D eigenvalue weighted by atomic mass is 9.92. The zero-order chi connectivity index (χ0) is 14.5. The van der Waals surface area contributed by atoms with E-state index >= 15 is 0 Å². The van der Waals surface area contributed by atoms with Gasteiger partial charge in [-0.2, -0.15) is 0 Å². The number of aliphatic hydroxyl groups excluding tert-OH is 1. The van der Waals surface area contributed by atoms with E-state index in [0.717, 1.165) is 0 Å². The van der Waals surface area contributed by atoms with Gasteiger partial charge in [0.15, 0.2) is 0 Å². The molecule has 0 fully saturated rings. The van der Waals surface area contributed by atoms with Crippen LogP contribution in [0.5, 0.6) is 0 Å². The van der Waals surface area contributed by atoms with E-state index < -0.39 is 0 Å². The van der Waals surface area contributed by atoms with Crippen LogP contribution in [0.3, 0.4) is 0 Å². The minimum atomic E-state index is -0.340. The first-order chi connectivity index (χ1) is 9.66. The Morgan fingerprint density at radius 3 is 2.30 bits per heavy atom. The lowest BCUT2D eigenvalue weighted by Crippen LogP contribution is -2.34. The Labute approximate surface area is 121 Å². The number of halogens is 1. The first-order valence-corrected chi connectivity index (χ1v) is 6.68. The van der Waals surface area contributed by atoms with Crippen molar-refractivity contribution in [2.75, 3.05) is 26.2 Å². The molecule has 20 heavy (non-hydrogen) atoms. The van der Waals surface area contributed by atoms with E-state index in [-0.39, 0.29) is 28.9 Å². The normalized spacial score (nSPS) is 14.5. The highest BCUT2D eigenvalue weighted by Crippen LogP contribution is 2.26. The fourth-order valence-corrected chi connectivity index (χ4v) is 2.24. The molecule has 0 aliphatic heterocycles. The number of carbonyl (C=O) groups excluding carboxylic acids is 2. The Morgan fingerprint density at radius 1 is 1.00 bits per heavy atom. The van der Waals surface area contributed by atoms with Gasteiger partial charge in [-0.05, 0) is 0 Å². The van der Waals surface area contributed by atoms with Crippen molar-refractivity contribution < 1.29 is 14.7 Å². The molecule has 0 amide bonds. The summed E-state index contributed by atoms with van der Waals surface area (Å²) in [5, 5.41) is 14.4. The quantitative estimate of drug-likeness (QED) is 0.673. The average molecular weight is 295 g/mol. The zero-order valence-corrected chi connectivity index (χ0v) is 11.5. The summed E-state index contributed by atoms with van der Waals surface area (Å²) in [6.45, 7) is 1.52. The summed E-state index contributed by atoms with van der Waals surface area (Å²) >= 11 is 5.98. The van der Waals surface area contributed by atoms with Gasteiger partial charge in [0.2, 0.25) is 11.6 Å². The van der Waals surface area contributed by atoms with Crippen LogP contribution in [0.1, 0.15) is 20.7 Å². The van der Waals surface area contributed by atoms with Crippen LogP contribution in [-0.4, -0.2) is 42.9 Å². The van der Waals surface area contributed by atoms with Gasteiger partial charge in [-0.1, -0.05) is 35.9 Å². The largest absolute Gasteiger partial charge is 0.395 e. The second-order valence-corrected chi connectivity index (χ2v) is 4.67. The van der Waals surface area contributed by atoms with E-state index in [4.69, 9.17) is 16.7 Å². The van der Waals surface area contributed by atoms with Crippen LogP contribution in [0.15, 0.2) is 35.0 Å². The van der Waals surface area contributed by atoms with E-state index in [2.05, 4.69) is 10.6 Å². The minimum Gasteiger partial charge on any atom is -0.395 e. The summed E-state index contributed by atoms with van der Waals surface area (Å²) in [4.78, 5) is 24.4. The summed E-state index contributed by atoms with van der Waals surface area (Å²) in [7, 11) is 0. The van der Waals surface area contributed by atoms with E-state index in [1.165, 1.54) is 0 Å². The topological polar surface area (TPSA) is 78.4 Å². The first kappa shape index (κ1) is 14.7. The predicted molar refractivity (Wildman–Crippen MR) is 75.9 cm³/mol. The van der Waals surface area contributed by atoms with E-state index in [1.54, 1.807) is 24.3 Å². The summed E-state index contributed by atoms with van der Waals surface area (Å²) in [5.41, 5.74) is 0.848. The highest BCUT2D eigenvalue weighted by molar-refractivity contribution is 6.49. The molecule has 0 atom stereocenters. The van der Waals surface area contributed by atoms with Crippen LogP contribution in [0, 0.1) is 0 Å². The smallest absolute Gasteiger partial charge is 0.211 e. The van der Waals surface area contributed by atoms with Gasteiger partial charge < -0.3 is 15.7 Å². The highest BCUT2D eigenvalue weighted by atomic mass is 35.5. The maximum atomic E-state index is 12.3. The van der Waals surface area contributed by atoms with Gasteiger partial charge in [0.1, 0.15) is 10.7 Å². The van der Waals surface area contributed by atoms with Gasteiger partial charge in [-0.15, -0.1) is 0 Å².